The van der Waals surface area contributed by atoms with Gasteiger partial charge in [-0.2, -0.15) is 0 Å². The zero-order valence-electron chi connectivity index (χ0n) is 12.8. The van der Waals surface area contributed by atoms with E-state index < -0.39 is 0 Å². The summed E-state index contributed by atoms with van der Waals surface area (Å²) in [6.07, 6.45) is 1.77. The van der Waals surface area contributed by atoms with E-state index in [1.807, 2.05) is 37.3 Å². The molecule has 0 aliphatic rings. The molecule has 1 amide bonds. The second-order valence-corrected chi connectivity index (χ2v) is 5.69. The number of nitrogens with one attached hydrogen (secondary N) is 1. The van der Waals surface area contributed by atoms with Crippen molar-refractivity contribution in [2.75, 3.05) is 0 Å². The van der Waals surface area contributed by atoms with Crippen molar-refractivity contribution in [2.24, 2.45) is 0 Å². The van der Waals surface area contributed by atoms with Crippen LogP contribution < -0.4 is 5.32 Å². The number of nitrogens with zero attached hydrogens (tertiary/aromatic N) is 3. The molecule has 122 valence electrons. The molecule has 6 nitrogen and oxygen atoms in total. The number of hydrogen-bond acceptors (Lipinski definition) is 4. The van der Waals surface area contributed by atoms with E-state index in [0.29, 0.717) is 11.3 Å². The topological polar surface area (TPSA) is 80.0 Å². The molecular formula is C17H15ClN4O2. The van der Waals surface area contributed by atoms with Gasteiger partial charge in [0.05, 0.1) is 22.9 Å². The highest BCUT2D eigenvalue weighted by atomic mass is 35.5. The lowest BCUT2D eigenvalue weighted by atomic mass is 10.1. The smallest absolute Gasteiger partial charge is 0.251 e. The number of aromatic nitrogens is 3. The molecule has 3 rings (SSSR count). The Kier molecular flexibility index (Phi) is 4.48. The van der Waals surface area contributed by atoms with E-state index in [2.05, 4.69) is 15.6 Å². The van der Waals surface area contributed by atoms with Gasteiger partial charge in [-0.3, -0.25) is 4.79 Å². The number of halogens is 1. The number of phenolic OH excluding ortho intramolecular Hbond substituents is 1. The summed E-state index contributed by atoms with van der Waals surface area (Å²) in [6.45, 7) is 1.82. The van der Waals surface area contributed by atoms with Gasteiger partial charge in [0.1, 0.15) is 11.4 Å². The highest BCUT2D eigenvalue weighted by Gasteiger charge is 2.15. The number of aromatic hydroxyl groups is 1. The Balaban J connectivity index is 1.73. The zero-order chi connectivity index (χ0) is 17.1. The normalized spacial score (nSPS) is 11.9. The summed E-state index contributed by atoms with van der Waals surface area (Å²) in [4.78, 5) is 12.3. The summed E-state index contributed by atoms with van der Waals surface area (Å²) >= 11 is 5.83. The standard InChI is InChI=1S/C17H15ClN4O2/c1-11(19-17(24)12-7-8-16(23)14(18)9-12)15-10-22(21-20-15)13-5-3-2-4-6-13/h2-11,23H,1H3,(H,19,24)/t11-/m0/s1. The number of carbonyl (C=O) groups excluding carboxylic acids is 1. The third kappa shape index (κ3) is 3.38. The molecule has 0 fully saturated rings. The first-order chi connectivity index (χ1) is 11.5. The second-order valence-electron chi connectivity index (χ2n) is 5.28. The number of rotatable bonds is 4. The van der Waals surface area contributed by atoms with Crippen LogP contribution in [0.15, 0.2) is 54.7 Å². The van der Waals surface area contributed by atoms with Crippen molar-refractivity contribution in [1.82, 2.24) is 20.3 Å². The SMILES string of the molecule is C[C@H](NC(=O)c1ccc(O)c(Cl)c1)c1cn(-c2ccccc2)nn1. The predicted molar refractivity (Wildman–Crippen MR) is 90.4 cm³/mol. The Hall–Kier alpha value is -2.86. The summed E-state index contributed by atoms with van der Waals surface area (Å²) in [7, 11) is 0. The van der Waals surface area contributed by atoms with Crippen molar-refractivity contribution in [3.05, 3.63) is 71.0 Å². The average Bonchev–Trinajstić information content (AvgIpc) is 3.08. The summed E-state index contributed by atoms with van der Waals surface area (Å²) in [6, 6.07) is 13.6. The van der Waals surface area contributed by atoms with Crippen LogP contribution >= 0.6 is 11.6 Å². The molecule has 0 unspecified atom stereocenters. The Labute approximate surface area is 143 Å². The molecular weight excluding hydrogens is 328 g/mol. The van der Waals surface area contributed by atoms with Crippen LogP contribution in [0.1, 0.15) is 29.0 Å². The van der Waals surface area contributed by atoms with Gasteiger partial charge in [-0.1, -0.05) is 35.0 Å². The van der Waals surface area contributed by atoms with Gasteiger partial charge in [-0.25, -0.2) is 4.68 Å². The lowest BCUT2D eigenvalue weighted by Gasteiger charge is -2.11. The van der Waals surface area contributed by atoms with E-state index >= 15 is 0 Å². The first-order valence-corrected chi connectivity index (χ1v) is 7.69. The van der Waals surface area contributed by atoms with Crippen LogP contribution in [0.25, 0.3) is 5.69 Å². The number of hydrogen-bond donors (Lipinski definition) is 2. The Morgan fingerprint density at radius 1 is 1.25 bits per heavy atom. The maximum atomic E-state index is 12.3. The molecule has 1 heterocycles. The average molecular weight is 343 g/mol. The molecule has 2 N–H and O–H groups in total. The molecule has 1 aromatic heterocycles. The third-order valence-corrected chi connectivity index (χ3v) is 3.84. The van der Waals surface area contributed by atoms with Crippen molar-refractivity contribution in [3.63, 3.8) is 0 Å². The molecule has 0 saturated carbocycles. The molecule has 0 radical (unpaired) electrons. The zero-order valence-corrected chi connectivity index (χ0v) is 13.6. The number of benzene rings is 2. The van der Waals surface area contributed by atoms with Gasteiger partial charge in [0.2, 0.25) is 0 Å². The van der Waals surface area contributed by atoms with Crippen LogP contribution in [0.5, 0.6) is 5.75 Å². The summed E-state index contributed by atoms with van der Waals surface area (Å²) in [5, 5.41) is 20.5. The molecule has 24 heavy (non-hydrogen) atoms. The molecule has 0 spiro atoms. The molecule has 2 aromatic carbocycles. The Morgan fingerprint density at radius 2 is 2.00 bits per heavy atom. The van der Waals surface area contributed by atoms with E-state index in [9.17, 15) is 9.90 Å². The van der Waals surface area contributed by atoms with Gasteiger partial charge in [-0.15, -0.1) is 5.10 Å². The minimum absolute atomic E-state index is 0.0629. The number of phenols is 1. The van der Waals surface area contributed by atoms with Gasteiger partial charge in [0.15, 0.2) is 0 Å². The molecule has 1 atom stereocenters. The molecule has 3 aromatic rings. The maximum Gasteiger partial charge on any atom is 0.251 e. The Bertz CT molecular complexity index is 864. The first-order valence-electron chi connectivity index (χ1n) is 7.31. The monoisotopic (exact) mass is 342 g/mol. The Morgan fingerprint density at radius 3 is 2.71 bits per heavy atom. The highest BCUT2D eigenvalue weighted by molar-refractivity contribution is 6.32. The van der Waals surface area contributed by atoms with Crippen molar-refractivity contribution < 1.29 is 9.90 Å². The molecule has 0 bridgehead atoms. The quantitative estimate of drug-likeness (QED) is 0.763. The van der Waals surface area contributed by atoms with Crippen LogP contribution in [0.2, 0.25) is 5.02 Å². The van der Waals surface area contributed by atoms with Crippen molar-refractivity contribution in [1.29, 1.82) is 0 Å². The highest BCUT2D eigenvalue weighted by Crippen LogP contribution is 2.24. The van der Waals surface area contributed by atoms with Gasteiger partial charge < -0.3 is 10.4 Å². The fourth-order valence-electron chi connectivity index (χ4n) is 2.18. The lowest BCUT2D eigenvalue weighted by Crippen LogP contribution is -2.26. The summed E-state index contributed by atoms with van der Waals surface area (Å²) in [5.74, 6) is -0.370. The fourth-order valence-corrected chi connectivity index (χ4v) is 2.36. The molecule has 0 aliphatic carbocycles. The van der Waals surface area contributed by atoms with Crippen LogP contribution in [0.4, 0.5) is 0 Å². The van der Waals surface area contributed by atoms with E-state index in [0.717, 1.165) is 5.69 Å². The van der Waals surface area contributed by atoms with Crippen molar-refractivity contribution >= 4 is 17.5 Å². The van der Waals surface area contributed by atoms with Crippen molar-refractivity contribution in [2.45, 2.75) is 13.0 Å². The molecule has 0 aliphatic heterocycles. The summed E-state index contributed by atoms with van der Waals surface area (Å²) in [5.41, 5.74) is 1.89. The van der Waals surface area contributed by atoms with Gasteiger partial charge in [0, 0.05) is 5.56 Å². The van der Waals surface area contributed by atoms with Gasteiger partial charge in [-0.05, 0) is 37.3 Å². The minimum atomic E-state index is -0.331. The fraction of sp³-hybridized carbons (Fsp3) is 0.118. The van der Waals surface area contributed by atoms with Gasteiger partial charge >= 0.3 is 0 Å². The number of para-hydroxylation sites is 1. The predicted octanol–water partition coefficient (Wildman–Crippen LogP) is 3.12. The molecule has 0 saturated heterocycles. The minimum Gasteiger partial charge on any atom is -0.506 e. The van der Waals surface area contributed by atoms with Crippen LogP contribution in [0, 0.1) is 0 Å². The number of amides is 1. The van der Waals surface area contributed by atoms with Gasteiger partial charge in [0.25, 0.3) is 5.91 Å². The second kappa shape index (κ2) is 6.72. The lowest BCUT2D eigenvalue weighted by molar-refractivity contribution is 0.0939. The maximum absolute atomic E-state index is 12.3. The molecule has 7 heteroatoms. The van der Waals surface area contributed by atoms with E-state index in [1.54, 1.807) is 10.9 Å². The van der Waals surface area contributed by atoms with E-state index in [-0.39, 0.29) is 22.7 Å². The van der Waals surface area contributed by atoms with Crippen molar-refractivity contribution in [3.8, 4) is 11.4 Å². The van der Waals surface area contributed by atoms with Crippen LogP contribution in [-0.2, 0) is 0 Å². The summed E-state index contributed by atoms with van der Waals surface area (Å²) < 4.78 is 1.65. The van der Waals surface area contributed by atoms with Crippen LogP contribution in [0.3, 0.4) is 0 Å². The third-order valence-electron chi connectivity index (χ3n) is 3.53. The largest absolute Gasteiger partial charge is 0.506 e. The van der Waals surface area contributed by atoms with E-state index in [1.165, 1.54) is 18.2 Å². The van der Waals surface area contributed by atoms with E-state index in [4.69, 9.17) is 11.6 Å². The number of carbonyl (C=O) groups is 1. The van der Waals surface area contributed by atoms with Crippen LogP contribution in [-0.4, -0.2) is 26.0 Å². The first kappa shape index (κ1) is 16.0.